The monoisotopic (exact) mass is 311 g/mol. The van der Waals surface area contributed by atoms with E-state index < -0.39 is 0 Å². The molecule has 3 rings (SSSR count). The van der Waals surface area contributed by atoms with Crippen LogP contribution in [0.1, 0.15) is 21.6 Å². The molecule has 3 aromatic rings. The third-order valence-electron chi connectivity index (χ3n) is 3.52. The Morgan fingerprint density at radius 1 is 1.18 bits per heavy atom. The summed E-state index contributed by atoms with van der Waals surface area (Å²) in [6.07, 6.45) is 0.790. The molecule has 0 saturated heterocycles. The van der Waals surface area contributed by atoms with Crippen LogP contribution in [0.3, 0.4) is 0 Å². The first kappa shape index (κ1) is 14.5. The second-order valence-electron chi connectivity index (χ2n) is 4.99. The quantitative estimate of drug-likeness (QED) is 0.662. The van der Waals surface area contributed by atoms with Gasteiger partial charge in [0.25, 0.3) is 0 Å². The molecule has 0 aliphatic heterocycles. The minimum Gasteiger partial charge on any atom is -0.487 e. The van der Waals surface area contributed by atoms with Crippen LogP contribution in [-0.2, 0) is 6.61 Å². The highest BCUT2D eigenvalue weighted by atomic mass is 35.5. The van der Waals surface area contributed by atoms with Gasteiger partial charge in [0, 0.05) is 10.9 Å². The van der Waals surface area contributed by atoms with E-state index in [9.17, 15) is 4.79 Å². The molecule has 4 heteroatoms. The van der Waals surface area contributed by atoms with Gasteiger partial charge < -0.3 is 4.74 Å². The number of para-hydroxylation sites is 1. The van der Waals surface area contributed by atoms with Crippen molar-refractivity contribution in [3.63, 3.8) is 0 Å². The molecule has 2 aromatic carbocycles. The third kappa shape index (κ3) is 2.81. The molecule has 0 amide bonds. The van der Waals surface area contributed by atoms with E-state index in [1.807, 2.05) is 31.2 Å². The van der Waals surface area contributed by atoms with Crippen LogP contribution in [-0.4, -0.2) is 11.3 Å². The second kappa shape index (κ2) is 6.16. The zero-order valence-electron chi connectivity index (χ0n) is 12.0. The van der Waals surface area contributed by atoms with Gasteiger partial charge in [-0.2, -0.15) is 0 Å². The van der Waals surface area contributed by atoms with Crippen LogP contribution in [0.15, 0.2) is 48.5 Å². The standard InChI is InChI=1S/C18H14ClNO2/c1-12-15-7-2-3-8-16(15)20-17(18(12)19)11-22-14-6-4-5-13(9-14)10-21/h2-10H,11H2,1H3. The number of rotatable bonds is 4. The average Bonchev–Trinajstić information content (AvgIpc) is 2.57. The molecule has 0 bridgehead atoms. The maximum atomic E-state index is 10.8. The third-order valence-corrected chi connectivity index (χ3v) is 4.02. The highest BCUT2D eigenvalue weighted by Gasteiger charge is 2.10. The van der Waals surface area contributed by atoms with Crippen LogP contribution >= 0.6 is 11.6 Å². The maximum Gasteiger partial charge on any atom is 0.150 e. The molecule has 0 aliphatic rings. The van der Waals surface area contributed by atoms with E-state index in [0.717, 1.165) is 22.8 Å². The zero-order chi connectivity index (χ0) is 15.5. The van der Waals surface area contributed by atoms with E-state index in [0.29, 0.717) is 22.0 Å². The highest BCUT2D eigenvalue weighted by Crippen LogP contribution is 2.27. The minimum absolute atomic E-state index is 0.257. The lowest BCUT2D eigenvalue weighted by atomic mass is 10.1. The first-order chi connectivity index (χ1) is 10.7. The number of benzene rings is 2. The van der Waals surface area contributed by atoms with Gasteiger partial charge in [-0.15, -0.1) is 0 Å². The SMILES string of the molecule is Cc1c(Cl)c(COc2cccc(C=O)c2)nc2ccccc12. The smallest absolute Gasteiger partial charge is 0.150 e. The van der Waals surface area contributed by atoms with E-state index in [2.05, 4.69) is 4.98 Å². The van der Waals surface area contributed by atoms with E-state index in [1.165, 1.54) is 0 Å². The summed E-state index contributed by atoms with van der Waals surface area (Å²) in [4.78, 5) is 15.4. The van der Waals surface area contributed by atoms with Crippen LogP contribution in [0.4, 0.5) is 0 Å². The predicted molar refractivity (Wildman–Crippen MR) is 87.7 cm³/mol. The summed E-state index contributed by atoms with van der Waals surface area (Å²) >= 11 is 6.40. The number of hydrogen-bond acceptors (Lipinski definition) is 3. The van der Waals surface area contributed by atoms with Crippen molar-refractivity contribution in [2.45, 2.75) is 13.5 Å². The van der Waals surface area contributed by atoms with Gasteiger partial charge in [0.15, 0.2) is 0 Å². The Bertz CT molecular complexity index is 846. The number of hydrogen-bond donors (Lipinski definition) is 0. The number of aromatic nitrogens is 1. The molecule has 0 radical (unpaired) electrons. The average molecular weight is 312 g/mol. The molecule has 0 N–H and O–H groups in total. The van der Waals surface area contributed by atoms with Gasteiger partial charge in [-0.3, -0.25) is 4.79 Å². The van der Waals surface area contributed by atoms with Crippen LogP contribution in [0.25, 0.3) is 10.9 Å². The number of carbonyl (C=O) groups is 1. The fourth-order valence-electron chi connectivity index (χ4n) is 2.34. The van der Waals surface area contributed by atoms with Crippen molar-refractivity contribution in [1.29, 1.82) is 0 Å². The van der Waals surface area contributed by atoms with Crippen LogP contribution < -0.4 is 4.74 Å². The van der Waals surface area contributed by atoms with E-state index >= 15 is 0 Å². The minimum atomic E-state index is 0.257. The molecule has 0 aliphatic carbocycles. The summed E-state index contributed by atoms with van der Waals surface area (Å²) < 4.78 is 5.71. The zero-order valence-corrected chi connectivity index (χ0v) is 12.8. The van der Waals surface area contributed by atoms with Crippen molar-refractivity contribution in [3.8, 4) is 5.75 Å². The highest BCUT2D eigenvalue weighted by molar-refractivity contribution is 6.32. The summed E-state index contributed by atoms with van der Waals surface area (Å²) in [5.41, 5.74) is 3.15. The van der Waals surface area contributed by atoms with Gasteiger partial charge in [-0.1, -0.05) is 41.9 Å². The van der Waals surface area contributed by atoms with Crippen LogP contribution in [0, 0.1) is 6.92 Å². The number of ether oxygens (including phenoxy) is 1. The summed E-state index contributed by atoms with van der Waals surface area (Å²) in [6, 6.07) is 14.9. The first-order valence-electron chi connectivity index (χ1n) is 6.91. The van der Waals surface area contributed by atoms with Gasteiger partial charge in [0.1, 0.15) is 18.6 Å². The normalized spacial score (nSPS) is 10.6. The Hall–Kier alpha value is -2.39. The molecule has 0 atom stereocenters. The van der Waals surface area contributed by atoms with Gasteiger partial charge in [0.2, 0.25) is 0 Å². The molecule has 1 aromatic heterocycles. The summed E-state index contributed by atoms with van der Waals surface area (Å²) in [7, 11) is 0. The van der Waals surface area contributed by atoms with E-state index in [1.54, 1.807) is 24.3 Å². The van der Waals surface area contributed by atoms with E-state index in [4.69, 9.17) is 16.3 Å². The van der Waals surface area contributed by atoms with E-state index in [-0.39, 0.29) is 6.61 Å². The fraction of sp³-hybridized carbons (Fsp3) is 0.111. The van der Waals surface area contributed by atoms with Crippen molar-refractivity contribution < 1.29 is 9.53 Å². The number of carbonyl (C=O) groups excluding carboxylic acids is 1. The van der Waals surface area contributed by atoms with Crippen LogP contribution in [0.5, 0.6) is 5.75 Å². The number of nitrogens with zero attached hydrogens (tertiary/aromatic N) is 1. The lowest BCUT2D eigenvalue weighted by Gasteiger charge is -2.11. The van der Waals surface area contributed by atoms with Crippen molar-refractivity contribution in [2.75, 3.05) is 0 Å². The molecule has 1 heterocycles. The molecular weight excluding hydrogens is 298 g/mol. The van der Waals surface area contributed by atoms with Crippen molar-refractivity contribution in [3.05, 3.63) is 70.4 Å². The Balaban J connectivity index is 1.90. The number of halogens is 1. The molecule has 0 spiro atoms. The van der Waals surface area contributed by atoms with Gasteiger partial charge in [-0.25, -0.2) is 4.98 Å². The Labute approximate surface area is 133 Å². The molecule has 0 fully saturated rings. The number of aryl methyl sites for hydroxylation is 1. The number of pyridine rings is 1. The topological polar surface area (TPSA) is 39.2 Å². The van der Waals surface area contributed by atoms with Gasteiger partial charge >= 0.3 is 0 Å². The summed E-state index contributed by atoms with van der Waals surface area (Å²) in [5.74, 6) is 0.619. The summed E-state index contributed by atoms with van der Waals surface area (Å²) in [5, 5.41) is 1.66. The maximum absolute atomic E-state index is 10.8. The van der Waals surface area contributed by atoms with Crippen LogP contribution in [0.2, 0.25) is 5.02 Å². The van der Waals surface area contributed by atoms with Crippen molar-refractivity contribution in [1.82, 2.24) is 4.98 Å². The fourth-order valence-corrected chi connectivity index (χ4v) is 2.54. The molecule has 0 unspecified atom stereocenters. The predicted octanol–water partition coefficient (Wildman–Crippen LogP) is 4.59. The molecule has 22 heavy (non-hydrogen) atoms. The largest absolute Gasteiger partial charge is 0.487 e. The number of fused-ring (bicyclic) bond motifs is 1. The molecule has 3 nitrogen and oxygen atoms in total. The Kier molecular flexibility index (Phi) is 4.07. The Morgan fingerprint density at radius 2 is 2.00 bits per heavy atom. The summed E-state index contributed by atoms with van der Waals surface area (Å²) in [6.45, 7) is 2.23. The Morgan fingerprint density at radius 3 is 2.82 bits per heavy atom. The van der Waals surface area contributed by atoms with Gasteiger partial charge in [0.05, 0.1) is 16.2 Å². The molecule has 110 valence electrons. The second-order valence-corrected chi connectivity index (χ2v) is 5.37. The molecule has 0 saturated carbocycles. The lowest BCUT2D eigenvalue weighted by molar-refractivity contribution is 0.112. The van der Waals surface area contributed by atoms with Gasteiger partial charge in [-0.05, 0) is 30.7 Å². The first-order valence-corrected chi connectivity index (χ1v) is 7.28. The van der Waals surface area contributed by atoms with Crippen molar-refractivity contribution in [2.24, 2.45) is 0 Å². The molecular formula is C18H14ClNO2. The number of aldehydes is 1. The van der Waals surface area contributed by atoms with Crippen molar-refractivity contribution >= 4 is 28.8 Å². The lowest BCUT2D eigenvalue weighted by Crippen LogP contribution is -2.01.